The van der Waals surface area contributed by atoms with E-state index in [2.05, 4.69) is 10.1 Å². The van der Waals surface area contributed by atoms with Crippen molar-refractivity contribution >= 4 is 51.7 Å². The van der Waals surface area contributed by atoms with Crippen LogP contribution < -0.4 is 5.73 Å². The number of rotatable bonds is 4. The maximum absolute atomic E-state index is 13.2. The monoisotopic (exact) mass is 543 g/mol. The van der Waals surface area contributed by atoms with E-state index in [1.807, 2.05) is 60.7 Å². The summed E-state index contributed by atoms with van der Waals surface area (Å²) in [4.78, 5) is 4.55. The van der Waals surface area contributed by atoms with Crippen molar-refractivity contribution in [1.82, 2.24) is 14.8 Å². The maximum Gasteiger partial charge on any atom is 0.416 e. The molecule has 3 aromatic carbocycles. The smallest absolute Gasteiger partial charge is 0.383 e. The molecule has 0 amide bonds. The Labute approximate surface area is 217 Å². The van der Waals surface area contributed by atoms with Gasteiger partial charge in [-0.2, -0.15) is 23.5 Å². The van der Waals surface area contributed by atoms with Crippen LogP contribution in [0.4, 0.5) is 19.0 Å². The number of nitriles is 1. The van der Waals surface area contributed by atoms with Crippen LogP contribution in [-0.2, 0) is 6.18 Å². The molecule has 5 rings (SSSR count). The second kappa shape index (κ2) is 9.13. The number of nitrogens with one attached hydrogen (secondary N) is 1. The topological polar surface area (TPSA) is 83.4 Å². The first-order chi connectivity index (χ1) is 17.2. The molecule has 0 saturated carbocycles. The number of para-hydroxylation sites is 1. The fourth-order valence-corrected chi connectivity index (χ4v) is 5.61. The van der Waals surface area contributed by atoms with Gasteiger partial charge in [-0.25, -0.2) is 4.68 Å². The van der Waals surface area contributed by atoms with E-state index in [9.17, 15) is 18.4 Å². The maximum atomic E-state index is 13.2. The van der Waals surface area contributed by atoms with Crippen LogP contribution in [0.2, 0.25) is 10.0 Å². The molecule has 5 nitrogen and oxygen atoms in total. The fraction of sp³-hybridized carbons (Fsp3) is 0.0400. The summed E-state index contributed by atoms with van der Waals surface area (Å²) < 4.78 is 40.7. The van der Waals surface area contributed by atoms with Crippen LogP contribution in [0.5, 0.6) is 0 Å². The van der Waals surface area contributed by atoms with Crippen LogP contribution in [0.15, 0.2) is 76.5 Å². The Morgan fingerprint density at radius 1 is 0.972 bits per heavy atom. The largest absolute Gasteiger partial charge is 0.416 e. The first-order valence-electron chi connectivity index (χ1n) is 10.4. The summed E-state index contributed by atoms with van der Waals surface area (Å²) in [7, 11) is 0. The van der Waals surface area contributed by atoms with E-state index in [-0.39, 0.29) is 27.2 Å². The van der Waals surface area contributed by atoms with Crippen molar-refractivity contribution < 1.29 is 13.2 Å². The van der Waals surface area contributed by atoms with Crippen molar-refractivity contribution in [2.75, 3.05) is 5.73 Å². The number of hydrogen-bond acceptors (Lipinski definition) is 4. The zero-order chi connectivity index (χ0) is 25.6. The standard InChI is InChI=1S/C25H14Cl2F3N5S/c26-16-10-14(25(28,29)30)11-17(27)21(16)35-24(32)23(19(12-31)34-35)36-22-15-8-4-5-9-18(15)33-20(22)13-6-2-1-3-7-13/h1-11,33H,32H2. The molecule has 0 unspecified atom stereocenters. The molecule has 0 spiro atoms. The highest BCUT2D eigenvalue weighted by Gasteiger charge is 2.33. The predicted molar refractivity (Wildman–Crippen MR) is 136 cm³/mol. The lowest BCUT2D eigenvalue weighted by atomic mass is 10.1. The Bertz CT molecular complexity index is 1630. The molecule has 36 heavy (non-hydrogen) atoms. The number of benzene rings is 3. The van der Waals surface area contributed by atoms with Crippen LogP contribution in [-0.4, -0.2) is 14.8 Å². The number of aromatic amines is 1. The minimum absolute atomic E-state index is 0.0180. The van der Waals surface area contributed by atoms with Crippen molar-refractivity contribution in [3.63, 3.8) is 0 Å². The van der Waals surface area contributed by atoms with Crippen molar-refractivity contribution in [3.8, 4) is 23.0 Å². The Morgan fingerprint density at radius 3 is 2.25 bits per heavy atom. The van der Waals surface area contributed by atoms with E-state index in [0.29, 0.717) is 4.90 Å². The van der Waals surface area contributed by atoms with E-state index in [1.54, 1.807) is 0 Å². The summed E-state index contributed by atoms with van der Waals surface area (Å²) in [6.07, 6.45) is -4.64. The van der Waals surface area contributed by atoms with E-state index in [4.69, 9.17) is 28.9 Å². The lowest BCUT2D eigenvalue weighted by Crippen LogP contribution is -2.08. The molecule has 3 N–H and O–H groups in total. The average Bonchev–Trinajstić information content (AvgIpc) is 3.37. The number of nitrogen functional groups attached to an aromatic ring is 1. The highest BCUT2D eigenvalue weighted by molar-refractivity contribution is 8.00. The van der Waals surface area contributed by atoms with Gasteiger partial charge in [-0.1, -0.05) is 83.5 Å². The lowest BCUT2D eigenvalue weighted by molar-refractivity contribution is -0.137. The van der Waals surface area contributed by atoms with Crippen LogP contribution in [0.25, 0.3) is 27.8 Å². The van der Waals surface area contributed by atoms with Gasteiger partial charge in [-0.05, 0) is 23.8 Å². The summed E-state index contributed by atoms with van der Waals surface area (Å²) >= 11 is 13.6. The molecular formula is C25H14Cl2F3N5S. The zero-order valence-electron chi connectivity index (χ0n) is 18.1. The fourth-order valence-electron chi connectivity index (χ4n) is 3.82. The molecule has 2 aromatic heterocycles. The number of hydrogen-bond donors (Lipinski definition) is 2. The van der Waals surface area contributed by atoms with E-state index in [1.165, 1.54) is 11.8 Å². The van der Waals surface area contributed by atoms with Gasteiger partial charge in [-0.3, -0.25) is 0 Å². The van der Waals surface area contributed by atoms with Gasteiger partial charge in [0.25, 0.3) is 0 Å². The normalized spacial score (nSPS) is 11.7. The number of aromatic nitrogens is 3. The number of nitrogens with zero attached hydrogens (tertiary/aromatic N) is 3. The molecular weight excluding hydrogens is 530 g/mol. The molecule has 0 aliphatic heterocycles. The summed E-state index contributed by atoms with van der Waals surface area (Å²) in [5, 5.41) is 14.3. The van der Waals surface area contributed by atoms with Crippen LogP contribution in [0.1, 0.15) is 11.3 Å². The number of alkyl halides is 3. The first-order valence-corrected chi connectivity index (χ1v) is 12.0. The minimum atomic E-state index is -4.64. The third-order valence-electron chi connectivity index (χ3n) is 5.46. The number of nitrogens with two attached hydrogens (primary N) is 1. The molecule has 11 heteroatoms. The lowest BCUT2D eigenvalue weighted by Gasteiger charge is -2.13. The van der Waals surface area contributed by atoms with Crippen molar-refractivity contribution in [2.24, 2.45) is 0 Å². The Morgan fingerprint density at radius 2 is 1.61 bits per heavy atom. The zero-order valence-corrected chi connectivity index (χ0v) is 20.4. The van der Waals surface area contributed by atoms with Gasteiger partial charge in [0.1, 0.15) is 17.6 Å². The van der Waals surface area contributed by atoms with E-state index in [0.717, 1.165) is 43.9 Å². The van der Waals surface area contributed by atoms with Crippen molar-refractivity contribution in [1.29, 1.82) is 5.26 Å². The summed E-state index contributed by atoms with van der Waals surface area (Å²) in [5.41, 5.74) is 7.96. The molecule has 0 fully saturated rings. The van der Waals surface area contributed by atoms with E-state index < -0.39 is 11.7 Å². The van der Waals surface area contributed by atoms with Crippen LogP contribution >= 0.6 is 35.0 Å². The average molecular weight is 544 g/mol. The highest BCUT2D eigenvalue weighted by atomic mass is 35.5. The second-order valence-electron chi connectivity index (χ2n) is 7.72. The SMILES string of the molecule is N#Cc1nn(-c2c(Cl)cc(C(F)(F)F)cc2Cl)c(N)c1Sc1c(-c2ccccc2)[nH]c2ccccc12. The summed E-state index contributed by atoms with van der Waals surface area (Å²) in [5.74, 6) is 0.0180. The molecule has 0 aliphatic rings. The van der Waals surface area contributed by atoms with Gasteiger partial charge in [0.2, 0.25) is 0 Å². The minimum Gasteiger partial charge on any atom is -0.383 e. The molecule has 0 bridgehead atoms. The third-order valence-corrected chi connectivity index (χ3v) is 7.27. The summed E-state index contributed by atoms with van der Waals surface area (Å²) in [6, 6.07) is 20.8. The second-order valence-corrected chi connectivity index (χ2v) is 9.55. The number of halogens is 5. The number of anilines is 1. The quantitative estimate of drug-likeness (QED) is 0.241. The van der Waals surface area contributed by atoms with Gasteiger partial charge in [0.15, 0.2) is 5.69 Å². The molecule has 0 radical (unpaired) electrons. The Balaban J connectivity index is 1.67. The molecule has 0 atom stereocenters. The molecule has 2 heterocycles. The van der Waals surface area contributed by atoms with Crippen molar-refractivity contribution in [2.45, 2.75) is 16.0 Å². The number of fused-ring (bicyclic) bond motifs is 1. The molecule has 0 aliphatic carbocycles. The van der Waals surface area contributed by atoms with Crippen molar-refractivity contribution in [3.05, 3.63) is 88.0 Å². The molecule has 0 saturated heterocycles. The van der Waals surface area contributed by atoms with Gasteiger partial charge < -0.3 is 10.7 Å². The Kier molecular flexibility index (Phi) is 6.12. The third kappa shape index (κ3) is 4.17. The highest BCUT2D eigenvalue weighted by Crippen LogP contribution is 2.46. The van der Waals surface area contributed by atoms with Crippen LogP contribution in [0.3, 0.4) is 0 Å². The van der Waals surface area contributed by atoms with Gasteiger partial charge in [0, 0.05) is 15.8 Å². The van der Waals surface area contributed by atoms with Gasteiger partial charge >= 0.3 is 6.18 Å². The summed E-state index contributed by atoms with van der Waals surface area (Å²) in [6.45, 7) is 0. The molecule has 5 aromatic rings. The first kappa shape index (κ1) is 24.1. The molecule has 180 valence electrons. The van der Waals surface area contributed by atoms with Crippen LogP contribution in [0, 0.1) is 11.3 Å². The number of H-pyrrole nitrogens is 1. The Hall–Kier alpha value is -3.58. The van der Waals surface area contributed by atoms with Gasteiger partial charge in [0.05, 0.1) is 26.2 Å². The predicted octanol–water partition coefficient (Wildman–Crippen LogP) is 7.95. The van der Waals surface area contributed by atoms with E-state index >= 15 is 0 Å². The van der Waals surface area contributed by atoms with Gasteiger partial charge in [-0.15, -0.1) is 0 Å².